The molecule has 0 saturated carbocycles. The molecule has 0 radical (unpaired) electrons. The predicted octanol–water partition coefficient (Wildman–Crippen LogP) is 4.98. The summed E-state index contributed by atoms with van der Waals surface area (Å²) in [7, 11) is 0. The Morgan fingerprint density at radius 1 is 0.939 bits per heavy atom. The van der Waals surface area contributed by atoms with Gasteiger partial charge in [0.15, 0.2) is 0 Å². The Labute approximate surface area is 287 Å². The zero-order valence-corrected chi connectivity index (χ0v) is 30.4. The third kappa shape index (κ3) is 10.4. The van der Waals surface area contributed by atoms with E-state index in [-0.39, 0.29) is 49.4 Å². The van der Waals surface area contributed by atoms with Gasteiger partial charge in [-0.1, -0.05) is 13.3 Å². The van der Waals surface area contributed by atoms with E-state index < -0.39 is 47.2 Å². The van der Waals surface area contributed by atoms with Gasteiger partial charge in [0.2, 0.25) is 17.7 Å². The first kappa shape index (κ1) is 37.7. The summed E-state index contributed by atoms with van der Waals surface area (Å²) in [6, 6.07) is -1.11. The summed E-state index contributed by atoms with van der Waals surface area (Å²) < 4.78 is 22.5. The molecule has 0 aliphatic carbocycles. The second-order valence-corrected chi connectivity index (χ2v) is 15.4. The van der Waals surface area contributed by atoms with Crippen LogP contribution in [0, 0.1) is 0 Å². The van der Waals surface area contributed by atoms with E-state index in [1.165, 1.54) is 9.96 Å². The molecule has 3 aliphatic rings. The van der Waals surface area contributed by atoms with Crippen LogP contribution in [0.2, 0.25) is 0 Å². The van der Waals surface area contributed by atoms with E-state index in [1.54, 1.807) is 72.1 Å². The van der Waals surface area contributed by atoms with Crippen molar-refractivity contribution in [1.29, 1.82) is 0 Å². The molecule has 2 atom stereocenters. The standard InChI is InChI=1S/C32H52N8O9/c1-11-12-15-45-40-20-13-14-22(39(18-20)28(40)43)24-36-35-23(46-24)19-38(29(44)49-32(8,9)10)21-16-37(17-21)25(33-26(41)47-30(2,3)4)34-27(42)48-31(5,6)7/h20-22H,11-19H2,1-10H3,(H,33,34,41,42)/t20-,22-/m0/s1. The number of carbonyl (C=O) groups excluding carboxylic acids is 4. The highest BCUT2D eigenvalue weighted by molar-refractivity contribution is 5.99. The van der Waals surface area contributed by atoms with Gasteiger partial charge in [0.1, 0.15) is 29.4 Å². The molecule has 3 saturated heterocycles. The fraction of sp³-hybridized carbons (Fsp3) is 0.781. The largest absolute Gasteiger partial charge is 0.444 e. The van der Waals surface area contributed by atoms with Gasteiger partial charge in [-0.25, -0.2) is 19.2 Å². The molecule has 1 N–H and O–H groups in total. The number of hydrogen-bond donors (Lipinski definition) is 1. The zero-order chi connectivity index (χ0) is 36.3. The van der Waals surface area contributed by atoms with E-state index in [0.717, 1.165) is 19.3 Å². The molecule has 274 valence electrons. The smallest absolute Gasteiger partial charge is 0.437 e. The van der Waals surface area contributed by atoms with E-state index in [4.69, 9.17) is 23.5 Å². The van der Waals surface area contributed by atoms with E-state index in [2.05, 4.69) is 27.4 Å². The number of nitrogens with zero attached hydrogens (tertiary/aromatic N) is 7. The molecule has 3 fully saturated rings. The number of fused-ring (bicyclic) bond motifs is 2. The number of hydroxylamine groups is 2. The van der Waals surface area contributed by atoms with Crippen LogP contribution in [0.3, 0.4) is 0 Å². The summed E-state index contributed by atoms with van der Waals surface area (Å²) in [5, 5.41) is 12.5. The van der Waals surface area contributed by atoms with Gasteiger partial charge in [0, 0.05) is 19.6 Å². The topological polar surface area (TPSA) is 181 Å². The summed E-state index contributed by atoms with van der Waals surface area (Å²) in [6.07, 6.45) is 0.863. The van der Waals surface area contributed by atoms with Crippen molar-refractivity contribution in [2.45, 2.75) is 136 Å². The van der Waals surface area contributed by atoms with Crippen LogP contribution in [-0.4, -0.2) is 115 Å². The second-order valence-electron chi connectivity index (χ2n) is 15.4. The normalized spacial score (nSPS) is 20.2. The van der Waals surface area contributed by atoms with Crippen molar-refractivity contribution in [3.63, 3.8) is 0 Å². The fourth-order valence-electron chi connectivity index (χ4n) is 5.41. The molecule has 5 amide bonds. The van der Waals surface area contributed by atoms with Crippen molar-refractivity contribution in [3.05, 3.63) is 11.8 Å². The number of alkyl carbamates (subject to hydrolysis) is 1. The molecule has 3 aliphatic heterocycles. The van der Waals surface area contributed by atoms with Crippen LogP contribution in [-0.2, 0) is 25.6 Å². The van der Waals surface area contributed by atoms with Gasteiger partial charge in [0.25, 0.3) is 0 Å². The maximum atomic E-state index is 13.5. The van der Waals surface area contributed by atoms with Crippen LogP contribution >= 0.6 is 0 Å². The highest BCUT2D eigenvalue weighted by Gasteiger charge is 2.48. The van der Waals surface area contributed by atoms with Gasteiger partial charge in [-0.15, -0.1) is 15.2 Å². The molecular formula is C32H52N8O9. The van der Waals surface area contributed by atoms with Crippen molar-refractivity contribution >= 4 is 30.3 Å². The number of unbranched alkanes of at least 4 members (excludes halogenated alkanes) is 1. The molecule has 17 nitrogen and oxygen atoms in total. The summed E-state index contributed by atoms with van der Waals surface area (Å²) in [5.74, 6) is 0.367. The first-order valence-corrected chi connectivity index (χ1v) is 16.8. The minimum atomic E-state index is -0.898. The number of piperidine rings is 1. The van der Waals surface area contributed by atoms with Crippen LogP contribution < -0.4 is 5.32 Å². The third-order valence-electron chi connectivity index (χ3n) is 7.56. The Morgan fingerprint density at radius 2 is 1.59 bits per heavy atom. The lowest BCUT2D eigenvalue weighted by atomic mass is 10.0. The average Bonchev–Trinajstić information content (AvgIpc) is 3.47. The number of aromatic nitrogens is 2. The lowest BCUT2D eigenvalue weighted by Crippen LogP contribution is -2.65. The number of nitrogens with one attached hydrogen (secondary N) is 1. The highest BCUT2D eigenvalue weighted by Crippen LogP contribution is 2.38. The number of amides is 5. The number of hydrogen-bond acceptors (Lipinski definition) is 11. The first-order valence-electron chi connectivity index (χ1n) is 16.8. The molecule has 4 rings (SSSR count). The molecule has 2 bridgehead atoms. The van der Waals surface area contributed by atoms with Crippen molar-refractivity contribution in [2.75, 3.05) is 26.2 Å². The molecule has 49 heavy (non-hydrogen) atoms. The van der Waals surface area contributed by atoms with Gasteiger partial charge < -0.3 is 28.4 Å². The number of rotatable bonds is 8. The molecule has 1 aromatic rings. The van der Waals surface area contributed by atoms with Gasteiger partial charge in [-0.05, 0) is 81.6 Å². The number of guanidine groups is 1. The van der Waals surface area contributed by atoms with Gasteiger partial charge in [0.05, 0.1) is 18.7 Å². The number of urea groups is 1. The Bertz CT molecular complexity index is 1390. The van der Waals surface area contributed by atoms with Crippen LogP contribution in [0.5, 0.6) is 0 Å². The minimum Gasteiger partial charge on any atom is -0.444 e. The molecule has 1 aromatic heterocycles. The molecule has 0 spiro atoms. The van der Waals surface area contributed by atoms with Crippen molar-refractivity contribution < 1.29 is 42.6 Å². The monoisotopic (exact) mass is 692 g/mol. The maximum absolute atomic E-state index is 13.5. The summed E-state index contributed by atoms with van der Waals surface area (Å²) in [4.78, 5) is 66.4. The minimum absolute atomic E-state index is 0.0271. The number of ether oxygens (including phenoxy) is 3. The van der Waals surface area contributed by atoms with E-state index in [9.17, 15) is 19.2 Å². The van der Waals surface area contributed by atoms with Crippen LogP contribution in [0.15, 0.2) is 9.41 Å². The highest BCUT2D eigenvalue weighted by atomic mass is 16.7. The Morgan fingerprint density at radius 3 is 2.20 bits per heavy atom. The van der Waals surface area contributed by atoms with Crippen LogP contribution in [0.25, 0.3) is 0 Å². The Kier molecular flexibility index (Phi) is 11.3. The zero-order valence-electron chi connectivity index (χ0n) is 30.4. The quantitative estimate of drug-likeness (QED) is 0.167. The SMILES string of the molecule is CCCCON1C(=O)N2C[C@@H]1CC[C@H]2c1nnc(CN(C(=O)OC(C)(C)C)C2CN(/C(=N\C(=O)OC(C)(C)C)NC(=O)OC(C)(C)C)C2)o1. The van der Waals surface area contributed by atoms with Crippen molar-refractivity contribution in [3.8, 4) is 0 Å². The first-order chi connectivity index (χ1) is 22.7. The second kappa shape index (κ2) is 14.8. The van der Waals surface area contributed by atoms with Crippen molar-refractivity contribution in [1.82, 2.24) is 35.3 Å². The van der Waals surface area contributed by atoms with E-state index in [1.807, 2.05) is 0 Å². The number of carbonyl (C=O) groups is 4. The molecule has 0 unspecified atom stereocenters. The maximum Gasteiger partial charge on any atom is 0.437 e. The fourth-order valence-corrected chi connectivity index (χ4v) is 5.41. The molecular weight excluding hydrogens is 640 g/mol. The van der Waals surface area contributed by atoms with Crippen LogP contribution in [0.1, 0.15) is 113 Å². The Hall–Kier alpha value is -4.15. The van der Waals surface area contributed by atoms with Gasteiger partial charge >= 0.3 is 24.3 Å². The number of aliphatic imine (C=N–C) groups is 1. The lowest BCUT2D eigenvalue weighted by Gasteiger charge is -2.45. The predicted molar refractivity (Wildman–Crippen MR) is 175 cm³/mol. The Balaban J connectivity index is 1.48. The number of likely N-dealkylation sites (tertiary alicyclic amines) is 1. The van der Waals surface area contributed by atoms with Crippen molar-refractivity contribution in [2.24, 2.45) is 4.99 Å². The molecule has 0 aromatic carbocycles. The van der Waals surface area contributed by atoms with Gasteiger partial charge in [-0.2, -0.15) is 5.06 Å². The molecule has 4 heterocycles. The lowest BCUT2D eigenvalue weighted by molar-refractivity contribution is -0.130. The summed E-state index contributed by atoms with van der Waals surface area (Å²) in [5.41, 5.74) is -2.40. The third-order valence-corrected chi connectivity index (χ3v) is 7.56. The average molecular weight is 693 g/mol. The van der Waals surface area contributed by atoms with Crippen LogP contribution in [0.4, 0.5) is 19.2 Å². The van der Waals surface area contributed by atoms with Gasteiger partial charge in [-0.3, -0.25) is 15.1 Å². The van der Waals surface area contributed by atoms with E-state index in [0.29, 0.717) is 19.6 Å². The molecule has 17 heteroatoms. The summed E-state index contributed by atoms with van der Waals surface area (Å²) >= 11 is 0. The van der Waals surface area contributed by atoms with E-state index >= 15 is 0 Å². The summed E-state index contributed by atoms with van der Waals surface area (Å²) in [6.45, 7) is 18.8.